The quantitative estimate of drug-likeness (QED) is 0.727. The molecule has 2 nitrogen and oxygen atoms in total. The highest BCUT2D eigenvalue weighted by Crippen LogP contribution is 2.41. The predicted molar refractivity (Wildman–Crippen MR) is 92.5 cm³/mol. The Kier molecular flexibility index (Phi) is 6.14. The van der Waals surface area contributed by atoms with Crippen LogP contribution in [0.15, 0.2) is 0 Å². The van der Waals surface area contributed by atoms with E-state index in [1.54, 1.807) is 0 Å². The van der Waals surface area contributed by atoms with E-state index in [2.05, 4.69) is 45.0 Å². The first-order chi connectivity index (χ1) is 9.90. The van der Waals surface area contributed by atoms with Crippen molar-refractivity contribution in [3.05, 3.63) is 0 Å². The molecule has 2 saturated carbocycles. The summed E-state index contributed by atoms with van der Waals surface area (Å²) >= 11 is 0. The third-order valence-electron chi connectivity index (χ3n) is 5.67. The van der Waals surface area contributed by atoms with E-state index >= 15 is 0 Å². The monoisotopic (exact) mass is 294 g/mol. The first-order valence-corrected chi connectivity index (χ1v) is 9.29. The molecule has 1 N–H and O–H groups in total. The van der Waals surface area contributed by atoms with Crippen molar-refractivity contribution in [2.45, 2.75) is 59.8 Å². The van der Waals surface area contributed by atoms with Gasteiger partial charge in [-0.3, -0.25) is 0 Å². The molecule has 0 aliphatic heterocycles. The molecule has 2 heteroatoms. The lowest BCUT2D eigenvalue weighted by Gasteiger charge is -2.43. The van der Waals surface area contributed by atoms with Gasteiger partial charge in [-0.15, -0.1) is 0 Å². The first-order valence-electron chi connectivity index (χ1n) is 9.29. The third kappa shape index (κ3) is 5.56. The third-order valence-corrected chi connectivity index (χ3v) is 5.67. The second kappa shape index (κ2) is 7.46. The maximum absolute atomic E-state index is 3.77. The number of nitrogens with zero attached hydrogens (tertiary/aromatic N) is 1. The summed E-state index contributed by atoms with van der Waals surface area (Å²) in [4.78, 5) is 2.64. The number of hydrogen-bond donors (Lipinski definition) is 1. The van der Waals surface area contributed by atoms with E-state index in [4.69, 9.17) is 0 Å². The van der Waals surface area contributed by atoms with E-state index in [0.29, 0.717) is 5.41 Å². The van der Waals surface area contributed by atoms with E-state index in [9.17, 15) is 0 Å². The van der Waals surface area contributed by atoms with Gasteiger partial charge in [0.25, 0.3) is 0 Å². The van der Waals surface area contributed by atoms with E-state index in [-0.39, 0.29) is 0 Å². The molecule has 0 aromatic carbocycles. The van der Waals surface area contributed by atoms with E-state index in [0.717, 1.165) is 23.7 Å². The standard InChI is InChI=1S/C19H38N2/c1-15(2)11-20-13-19(8-6-7-16(3)10-19)14-21(5)12-18-9-17(18)4/h15-18,20H,6-14H2,1-5H3. The Labute approximate surface area is 133 Å². The van der Waals surface area contributed by atoms with Crippen LogP contribution in [0.25, 0.3) is 0 Å². The minimum atomic E-state index is 0.527. The molecule has 2 fully saturated rings. The second-order valence-electron chi connectivity index (χ2n) is 8.90. The van der Waals surface area contributed by atoms with E-state index in [1.807, 2.05) is 0 Å². The SMILES string of the molecule is CC(C)CNCC1(CN(C)CC2CC2C)CCCC(C)C1. The Morgan fingerprint density at radius 2 is 2.00 bits per heavy atom. The lowest BCUT2D eigenvalue weighted by atomic mass is 9.69. The zero-order valence-electron chi connectivity index (χ0n) is 15.1. The van der Waals surface area contributed by atoms with Crippen molar-refractivity contribution in [2.24, 2.45) is 29.1 Å². The molecule has 124 valence electrons. The lowest BCUT2D eigenvalue weighted by molar-refractivity contribution is 0.0887. The minimum absolute atomic E-state index is 0.527. The van der Waals surface area contributed by atoms with Crippen LogP contribution >= 0.6 is 0 Å². The summed E-state index contributed by atoms with van der Waals surface area (Å²) in [6.07, 6.45) is 7.17. The van der Waals surface area contributed by atoms with Gasteiger partial charge in [-0.05, 0) is 61.9 Å². The topological polar surface area (TPSA) is 15.3 Å². The molecule has 21 heavy (non-hydrogen) atoms. The van der Waals surface area contributed by atoms with Gasteiger partial charge in [0.15, 0.2) is 0 Å². The molecule has 0 aromatic heterocycles. The van der Waals surface area contributed by atoms with Crippen LogP contribution in [0.1, 0.15) is 59.8 Å². The van der Waals surface area contributed by atoms with E-state index < -0.39 is 0 Å². The molecule has 0 amide bonds. The van der Waals surface area contributed by atoms with Crippen LogP contribution < -0.4 is 5.32 Å². The Bertz CT molecular complexity index is 315. The number of hydrogen-bond acceptors (Lipinski definition) is 2. The molecular formula is C19H38N2. The van der Waals surface area contributed by atoms with Crippen LogP contribution in [0, 0.1) is 29.1 Å². The molecule has 0 bridgehead atoms. The second-order valence-corrected chi connectivity index (χ2v) is 8.90. The summed E-state index contributed by atoms with van der Waals surface area (Å²) in [6, 6.07) is 0. The Balaban J connectivity index is 1.87. The largest absolute Gasteiger partial charge is 0.316 e. The van der Waals surface area contributed by atoms with Crippen molar-refractivity contribution in [3.63, 3.8) is 0 Å². The zero-order chi connectivity index (χ0) is 15.5. The molecule has 0 heterocycles. The molecule has 0 spiro atoms. The van der Waals surface area contributed by atoms with Crippen molar-refractivity contribution in [1.82, 2.24) is 10.2 Å². The molecule has 0 saturated heterocycles. The molecule has 4 unspecified atom stereocenters. The maximum atomic E-state index is 3.77. The van der Waals surface area contributed by atoms with Crippen LogP contribution in [0.5, 0.6) is 0 Å². The van der Waals surface area contributed by atoms with Crippen molar-refractivity contribution in [2.75, 3.05) is 33.2 Å². The average molecular weight is 295 g/mol. The first kappa shape index (κ1) is 17.3. The van der Waals surface area contributed by atoms with Crippen LogP contribution in [0.2, 0.25) is 0 Å². The Hall–Kier alpha value is -0.0800. The van der Waals surface area contributed by atoms with Crippen molar-refractivity contribution < 1.29 is 0 Å². The van der Waals surface area contributed by atoms with Gasteiger partial charge in [0.05, 0.1) is 0 Å². The smallest absolute Gasteiger partial charge is 0.00473 e. The normalized spacial score (nSPS) is 36.4. The van der Waals surface area contributed by atoms with Gasteiger partial charge in [0.1, 0.15) is 0 Å². The van der Waals surface area contributed by atoms with Crippen molar-refractivity contribution in [3.8, 4) is 0 Å². The van der Waals surface area contributed by atoms with Gasteiger partial charge in [-0.1, -0.05) is 40.5 Å². The summed E-state index contributed by atoms with van der Waals surface area (Å²) in [5, 5.41) is 3.77. The summed E-state index contributed by atoms with van der Waals surface area (Å²) in [6.45, 7) is 14.5. The molecule has 2 rings (SSSR count). The Morgan fingerprint density at radius 1 is 1.29 bits per heavy atom. The molecule has 0 aromatic rings. The number of nitrogens with one attached hydrogen (secondary N) is 1. The van der Waals surface area contributed by atoms with Crippen LogP contribution in [-0.2, 0) is 0 Å². The summed E-state index contributed by atoms with van der Waals surface area (Å²) in [5.41, 5.74) is 0.527. The zero-order valence-corrected chi connectivity index (χ0v) is 15.1. The molecule has 4 atom stereocenters. The Morgan fingerprint density at radius 3 is 2.57 bits per heavy atom. The van der Waals surface area contributed by atoms with Crippen molar-refractivity contribution in [1.29, 1.82) is 0 Å². The highest BCUT2D eigenvalue weighted by atomic mass is 15.1. The lowest BCUT2D eigenvalue weighted by Crippen LogP contribution is -2.46. The molecule has 0 radical (unpaired) electrons. The molecule has 2 aliphatic carbocycles. The fraction of sp³-hybridized carbons (Fsp3) is 1.00. The summed E-state index contributed by atoms with van der Waals surface area (Å²) in [5.74, 6) is 3.63. The van der Waals surface area contributed by atoms with Crippen LogP contribution in [0.3, 0.4) is 0 Å². The van der Waals surface area contributed by atoms with Gasteiger partial charge in [-0.2, -0.15) is 0 Å². The predicted octanol–water partition coefficient (Wildman–Crippen LogP) is 4.02. The molecular weight excluding hydrogens is 256 g/mol. The average Bonchev–Trinajstić information content (AvgIpc) is 3.03. The van der Waals surface area contributed by atoms with Crippen LogP contribution in [0.4, 0.5) is 0 Å². The van der Waals surface area contributed by atoms with Gasteiger partial charge >= 0.3 is 0 Å². The van der Waals surface area contributed by atoms with E-state index in [1.165, 1.54) is 58.3 Å². The minimum Gasteiger partial charge on any atom is -0.316 e. The van der Waals surface area contributed by atoms with Crippen molar-refractivity contribution >= 4 is 0 Å². The fourth-order valence-corrected chi connectivity index (χ4v) is 4.45. The molecule has 2 aliphatic rings. The van der Waals surface area contributed by atoms with Gasteiger partial charge in [-0.25, -0.2) is 0 Å². The van der Waals surface area contributed by atoms with Gasteiger partial charge in [0.2, 0.25) is 0 Å². The summed E-state index contributed by atoms with van der Waals surface area (Å²) < 4.78 is 0. The van der Waals surface area contributed by atoms with Gasteiger partial charge in [0, 0.05) is 19.6 Å². The highest BCUT2D eigenvalue weighted by molar-refractivity contribution is 4.91. The number of rotatable bonds is 8. The maximum Gasteiger partial charge on any atom is 0.00473 e. The highest BCUT2D eigenvalue weighted by Gasteiger charge is 2.38. The summed E-state index contributed by atoms with van der Waals surface area (Å²) in [7, 11) is 2.36. The van der Waals surface area contributed by atoms with Gasteiger partial charge < -0.3 is 10.2 Å². The van der Waals surface area contributed by atoms with Crippen LogP contribution in [-0.4, -0.2) is 38.1 Å². The fourth-order valence-electron chi connectivity index (χ4n) is 4.45.